The Balaban J connectivity index is 1.95. The third-order valence-electron chi connectivity index (χ3n) is 5.13. The van der Waals surface area contributed by atoms with Gasteiger partial charge in [-0.15, -0.1) is 11.3 Å². The van der Waals surface area contributed by atoms with Gasteiger partial charge in [-0.05, 0) is 57.2 Å². The first-order valence-electron chi connectivity index (χ1n) is 11.6. The van der Waals surface area contributed by atoms with Gasteiger partial charge in [0.25, 0.3) is 15.9 Å². The van der Waals surface area contributed by atoms with Crippen molar-refractivity contribution >= 4 is 61.9 Å². The normalized spacial score (nSPS) is 11.1. The van der Waals surface area contributed by atoms with Gasteiger partial charge in [0.15, 0.2) is 11.5 Å². The van der Waals surface area contributed by atoms with Crippen LogP contribution >= 0.6 is 22.9 Å². The molecule has 1 aromatic heterocycles. The molecule has 3 rings (SSSR count). The van der Waals surface area contributed by atoms with E-state index in [1.807, 2.05) is 6.92 Å². The second kappa shape index (κ2) is 12.4. The number of hydrogen-bond donors (Lipinski definition) is 2. The molecular weight excluding hydrogens is 554 g/mol. The van der Waals surface area contributed by atoms with Crippen molar-refractivity contribution in [3.63, 3.8) is 0 Å². The topological polar surface area (TPSA) is 137 Å². The predicted octanol–water partition coefficient (Wildman–Crippen LogP) is 5.04. The van der Waals surface area contributed by atoms with Crippen LogP contribution in [0, 0.1) is 0 Å². The van der Waals surface area contributed by atoms with E-state index in [1.54, 1.807) is 32.0 Å². The number of nitrogens with zero attached hydrogens (tertiary/aromatic N) is 1. The van der Waals surface area contributed by atoms with Crippen LogP contribution in [-0.4, -0.2) is 47.2 Å². The number of anilines is 3. The molecule has 0 atom stereocenters. The highest BCUT2D eigenvalue weighted by atomic mass is 35.5. The van der Waals surface area contributed by atoms with E-state index in [0.717, 1.165) is 15.6 Å². The monoisotopic (exact) mass is 581 g/mol. The molecule has 38 heavy (non-hydrogen) atoms. The highest BCUT2D eigenvalue weighted by Gasteiger charge is 2.30. The van der Waals surface area contributed by atoms with Crippen molar-refractivity contribution in [3.8, 4) is 11.5 Å². The fourth-order valence-corrected chi connectivity index (χ4v) is 6.34. The molecule has 0 saturated carbocycles. The lowest BCUT2D eigenvalue weighted by Gasteiger charge is -2.21. The lowest BCUT2D eigenvalue weighted by atomic mass is 10.1. The van der Waals surface area contributed by atoms with Gasteiger partial charge in [-0.2, -0.15) is 0 Å². The number of nitrogen functional groups attached to an aromatic ring is 1. The zero-order valence-electron chi connectivity index (χ0n) is 21.2. The summed E-state index contributed by atoms with van der Waals surface area (Å²) in [5.41, 5.74) is 6.71. The summed E-state index contributed by atoms with van der Waals surface area (Å²) in [5, 5.41) is 2.59. The van der Waals surface area contributed by atoms with Gasteiger partial charge in [-0.3, -0.25) is 9.10 Å². The van der Waals surface area contributed by atoms with E-state index in [-0.39, 0.29) is 37.7 Å². The number of amides is 1. The Hall–Kier alpha value is -3.48. The van der Waals surface area contributed by atoms with Gasteiger partial charge in [0, 0.05) is 24.5 Å². The van der Waals surface area contributed by atoms with E-state index in [0.29, 0.717) is 30.4 Å². The molecule has 204 valence electrons. The fraction of sp³-hybridized carbons (Fsp3) is 0.280. The lowest BCUT2D eigenvalue weighted by Crippen LogP contribution is -2.28. The van der Waals surface area contributed by atoms with E-state index < -0.39 is 21.9 Å². The standard InChI is InChI=1S/C25H28ClN3O7S2/c1-5-34-19-9-8-18(13-20(19)35-6-2)29(4)38(32,33)21-14-22(26)37-23(21)24(30)28-17-11-15(10-16(27)12-17)25(31)36-7-3/h8-14H,5-7,27H2,1-4H3,(H,28,30). The fourth-order valence-electron chi connectivity index (χ4n) is 3.46. The van der Waals surface area contributed by atoms with Crippen LogP contribution in [0.5, 0.6) is 11.5 Å². The first-order valence-corrected chi connectivity index (χ1v) is 14.2. The first-order chi connectivity index (χ1) is 18.0. The molecule has 10 nitrogen and oxygen atoms in total. The van der Waals surface area contributed by atoms with Crippen LogP contribution in [0.15, 0.2) is 47.4 Å². The molecule has 0 fully saturated rings. The molecule has 0 radical (unpaired) electrons. The maximum Gasteiger partial charge on any atom is 0.338 e. The van der Waals surface area contributed by atoms with Gasteiger partial charge in [-0.25, -0.2) is 13.2 Å². The Bertz CT molecular complexity index is 1440. The van der Waals surface area contributed by atoms with Crippen LogP contribution in [-0.2, 0) is 14.8 Å². The summed E-state index contributed by atoms with van der Waals surface area (Å²) in [7, 11) is -2.87. The molecule has 0 saturated heterocycles. The molecule has 3 aromatic rings. The smallest absolute Gasteiger partial charge is 0.338 e. The van der Waals surface area contributed by atoms with Crippen LogP contribution in [0.4, 0.5) is 17.1 Å². The van der Waals surface area contributed by atoms with E-state index in [4.69, 9.17) is 31.5 Å². The van der Waals surface area contributed by atoms with Gasteiger partial charge in [0.05, 0.1) is 35.4 Å². The maximum atomic E-state index is 13.6. The molecule has 0 aliphatic rings. The second-order valence-electron chi connectivity index (χ2n) is 7.73. The number of rotatable bonds is 11. The Labute approximate surface area is 230 Å². The Morgan fingerprint density at radius 1 is 1.00 bits per heavy atom. The number of hydrogen-bond acceptors (Lipinski definition) is 9. The average Bonchev–Trinajstić information content (AvgIpc) is 3.27. The summed E-state index contributed by atoms with van der Waals surface area (Å²) in [4.78, 5) is 24.9. The van der Waals surface area contributed by atoms with Crippen LogP contribution in [0.3, 0.4) is 0 Å². The Kier molecular flexibility index (Phi) is 9.47. The Morgan fingerprint density at radius 2 is 1.68 bits per heavy atom. The number of nitrogens with one attached hydrogen (secondary N) is 1. The average molecular weight is 582 g/mol. The summed E-state index contributed by atoms with van der Waals surface area (Å²) in [6.07, 6.45) is 0. The van der Waals surface area contributed by atoms with Crippen LogP contribution in [0.25, 0.3) is 0 Å². The molecule has 0 unspecified atom stereocenters. The van der Waals surface area contributed by atoms with Crippen molar-refractivity contribution in [1.82, 2.24) is 0 Å². The number of thiophene rings is 1. The van der Waals surface area contributed by atoms with Gasteiger partial charge in [-0.1, -0.05) is 11.6 Å². The molecule has 0 spiro atoms. The molecule has 0 bridgehead atoms. The molecule has 1 amide bonds. The second-order valence-corrected chi connectivity index (χ2v) is 11.4. The quantitative estimate of drug-likeness (QED) is 0.237. The van der Waals surface area contributed by atoms with E-state index in [1.165, 1.54) is 31.3 Å². The van der Waals surface area contributed by atoms with E-state index in [2.05, 4.69) is 5.32 Å². The van der Waals surface area contributed by atoms with Gasteiger partial charge in [0.1, 0.15) is 9.77 Å². The number of benzene rings is 2. The van der Waals surface area contributed by atoms with E-state index >= 15 is 0 Å². The highest BCUT2D eigenvalue weighted by Crippen LogP contribution is 2.37. The summed E-state index contributed by atoms with van der Waals surface area (Å²) in [6.45, 7) is 6.22. The summed E-state index contributed by atoms with van der Waals surface area (Å²) >= 11 is 6.96. The lowest BCUT2D eigenvalue weighted by molar-refractivity contribution is 0.0526. The van der Waals surface area contributed by atoms with Crippen LogP contribution < -0.4 is 24.8 Å². The van der Waals surface area contributed by atoms with Gasteiger partial charge in [0.2, 0.25) is 0 Å². The summed E-state index contributed by atoms with van der Waals surface area (Å²) in [6, 6.07) is 10.2. The molecular formula is C25H28ClN3O7S2. The minimum absolute atomic E-state index is 0.101. The molecule has 0 aliphatic heterocycles. The molecule has 13 heteroatoms. The number of carbonyl (C=O) groups excluding carboxylic acids is 2. The third kappa shape index (κ3) is 6.50. The van der Waals surface area contributed by atoms with Crippen molar-refractivity contribution < 1.29 is 32.2 Å². The third-order valence-corrected chi connectivity index (χ3v) is 8.33. The number of ether oxygens (including phenoxy) is 3. The minimum Gasteiger partial charge on any atom is -0.490 e. The molecule has 0 aliphatic carbocycles. The summed E-state index contributed by atoms with van der Waals surface area (Å²) < 4.78 is 44.5. The zero-order chi connectivity index (χ0) is 28.0. The van der Waals surface area contributed by atoms with E-state index in [9.17, 15) is 18.0 Å². The van der Waals surface area contributed by atoms with Gasteiger partial charge >= 0.3 is 5.97 Å². The number of nitrogens with two attached hydrogens (primary N) is 1. The molecule has 3 N–H and O–H groups in total. The van der Waals surface area contributed by atoms with Gasteiger partial charge < -0.3 is 25.3 Å². The molecule has 1 heterocycles. The highest BCUT2D eigenvalue weighted by molar-refractivity contribution is 7.93. The van der Waals surface area contributed by atoms with Crippen molar-refractivity contribution in [1.29, 1.82) is 0 Å². The molecule has 2 aromatic carbocycles. The van der Waals surface area contributed by atoms with Crippen LogP contribution in [0.1, 0.15) is 40.8 Å². The number of sulfonamides is 1. The van der Waals surface area contributed by atoms with Crippen molar-refractivity contribution in [2.24, 2.45) is 0 Å². The Morgan fingerprint density at radius 3 is 2.34 bits per heavy atom. The van der Waals surface area contributed by atoms with Crippen molar-refractivity contribution in [2.75, 3.05) is 42.2 Å². The summed E-state index contributed by atoms with van der Waals surface area (Å²) in [5.74, 6) is -0.488. The zero-order valence-corrected chi connectivity index (χ0v) is 23.6. The SMILES string of the molecule is CCOC(=O)c1cc(N)cc(NC(=O)c2sc(Cl)cc2S(=O)(=O)N(C)c2ccc(OCC)c(OCC)c2)c1. The number of esters is 1. The largest absolute Gasteiger partial charge is 0.490 e. The number of halogens is 1. The van der Waals surface area contributed by atoms with Crippen molar-refractivity contribution in [3.05, 3.63) is 57.2 Å². The number of carbonyl (C=O) groups is 2. The first kappa shape index (κ1) is 29.1. The van der Waals surface area contributed by atoms with Crippen molar-refractivity contribution in [2.45, 2.75) is 25.7 Å². The maximum absolute atomic E-state index is 13.6. The predicted molar refractivity (Wildman–Crippen MR) is 148 cm³/mol. The van der Waals surface area contributed by atoms with Crippen LogP contribution in [0.2, 0.25) is 4.34 Å². The minimum atomic E-state index is -4.23.